The van der Waals surface area contributed by atoms with Crippen molar-refractivity contribution in [2.75, 3.05) is 6.61 Å². The van der Waals surface area contributed by atoms with Gasteiger partial charge >= 0.3 is 0 Å². The number of aliphatic hydroxyl groups excluding tert-OH is 1. The van der Waals surface area contributed by atoms with Crippen LogP contribution in [0.4, 0.5) is 4.39 Å². The van der Waals surface area contributed by atoms with Crippen LogP contribution in [-0.2, 0) is 0 Å². The average Bonchev–Trinajstić information content (AvgIpc) is 3.04. The molecular weight excluding hydrogens is 261 g/mol. The predicted octanol–water partition coefficient (Wildman–Crippen LogP) is 2.24. The minimum absolute atomic E-state index is 0.0762. The van der Waals surface area contributed by atoms with Crippen molar-refractivity contribution in [2.45, 2.75) is 12.5 Å². The van der Waals surface area contributed by atoms with E-state index >= 15 is 0 Å². The van der Waals surface area contributed by atoms with Crippen molar-refractivity contribution in [2.24, 2.45) is 5.92 Å². The first kappa shape index (κ1) is 12.9. The largest absolute Gasteiger partial charge is 0.451 e. The van der Waals surface area contributed by atoms with Gasteiger partial charge in [-0.3, -0.25) is 4.79 Å². The van der Waals surface area contributed by atoms with E-state index in [9.17, 15) is 9.18 Å². The molecule has 0 unspecified atom stereocenters. The number of nitrogens with one attached hydrogen (secondary N) is 1. The summed E-state index contributed by atoms with van der Waals surface area (Å²) in [4.78, 5) is 12.1. The minimum atomic E-state index is -0.366. The number of carbonyl (C=O) groups excluding carboxylic acids is 1. The number of hydrogen-bond acceptors (Lipinski definition) is 3. The zero-order chi connectivity index (χ0) is 14.1. The summed E-state index contributed by atoms with van der Waals surface area (Å²) in [5, 5.41) is 12.4. The van der Waals surface area contributed by atoms with Crippen molar-refractivity contribution in [3.63, 3.8) is 0 Å². The number of carbonyl (C=O) groups is 1. The van der Waals surface area contributed by atoms with Gasteiger partial charge in [-0.05, 0) is 30.7 Å². The van der Waals surface area contributed by atoms with Crippen LogP contribution in [0.5, 0.6) is 0 Å². The highest BCUT2D eigenvalue weighted by atomic mass is 19.1. The number of aliphatic hydroxyl groups is 1. The average molecular weight is 275 g/mol. The maximum atomic E-state index is 13.1. The van der Waals surface area contributed by atoms with Gasteiger partial charge in [0.15, 0.2) is 5.76 Å². The van der Waals surface area contributed by atoms with Gasteiger partial charge in [0.25, 0.3) is 5.91 Å². The van der Waals surface area contributed by atoms with Crippen LogP contribution >= 0.6 is 0 Å². The van der Waals surface area contributed by atoms with E-state index in [0.717, 1.165) is 0 Å². The second-order valence-electron chi connectivity index (χ2n) is 4.94. The SMILES string of the molecule is O=C(N[C@@H]1C=C[C@H](CO)C1)c1cc2cc(F)ccc2o1. The van der Waals surface area contributed by atoms with Crippen LogP contribution in [0.2, 0.25) is 0 Å². The molecule has 0 radical (unpaired) electrons. The van der Waals surface area contributed by atoms with E-state index in [4.69, 9.17) is 9.52 Å². The number of furan rings is 1. The Morgan fingerprint density at radius 2 is 2.25 bits per heavy atom. The van der Waals surface area contributed by atoms with E-state index in [2.05, 4.69) is 5.32 Å². The molecule has 4 nitrogen and oxygen atoms in total. The summed E-state index contributed by atoms with van der Waals surface area (Å²) in [5.41, 5.74) is 0.478. The molecule has 1 aliphatic rings. The van der Waals surface area contributed by atoms with Crippen LogP contribution in [0.15, 0.2) is 40.8 Å². The first-order valence-electron chi connectivity index (χ1n) is 6.45. The molecule has 2 atom stereocenters. The molecule has 0 saturated carbocycles. The Balaban J connectivity index is 1.74. The predicted molar refractivity (Wildman–Crippen MR) is 71.8 cm³/mol. The maximum absolute atomic E-state index is 13.1. The van der Waals surface area contributed by atoms with Crippen molar-refractivity contribution < 1.29 is 18.7 Å². The third-order valence-electron chi connectivity index (χ3n) is 3.43. The molecule has 0 bridgehead atoms. The quantitative estimate of drug-likeness (QED) is 0.844. The number of fused-ring (bicyclic) bond motifs is 1. The molecule has 1 heterocycles. The fourth-order valence-corrected chi connectivity index (χ4v) is 2.38. The van der Waals surface area contributed by atoms with Gasteiger partial charge in [-0.1, -0.05) is 12.2 Å². The van der Waals surface area contributed by atoms with Crippen LogP contribution < -0.4 is 5.32 Å². The van der Waals surface area contributed by atoms with Crippen LogP contribution in [0.1, 0.15) is 17.0 Å². The molecule has 1 aliphatic carbocycles. The van der Waals surface area contributed by atoms with Gasteiger partial charge in [-0.25, -0.2) is 4.39 Å². The van der Waals surface area contributed by atoms with E-state index in [1.54, 1.807) is 0 Å². The van der Waals surface area contributed by atoms with Crippen molar-refractivity contribution in [1.29, 1.82) is 0 Å². The van der Waals surface area contributed by atoms with Crippen LogP contribution in [0.3, 0.4) is 0 Å². The van der Waals surface area contributed by atoms with E-state index in [0.29, 0.717) is 17.4 Å². The lowest BCUT2D eigenvalue weighted by molar-refractivity contribution is 0.0915. The molecule has 1 aromatic carbocycles. The molecule has 0 saturated heterocycles. The molecule has 2 N–H and O–H groups in total. The third kappa shape index (κ3) is 2.44. The standard InChI is InChI=1S/C15H14FNO3/c16-11-2-4-13-10(6-11)7-14(20-13)15(19)17-12-3-1-9(5-12)8-18/h1-4,6-7,9,12,18H,5,8H2,(H,17,19)/t9-,12+/m0/s1. The number of rotatable bonds is 3. The Morgan fingerprint density at radius 3 is 3.00 bits per heavy atom. The molecule has 0 aliphatic heterocycles. The van der Waals surface area contributed by atoms with Gasteiger partial charge in [0.05, 0.1) is 0 Å². The Labute approximate surface area is 114 Å². The van der Waals surface area contributed by atoms with E-state index in [-0.39, 0.29) is 36.1 Å². The molecule has 0 spiro atoms. The fraction of sp³-hybridized carbons (Fsp3) is 0.267. The van der Waals surface area contributed by atoms with Gasteiger partial charge in [0, 0.05) is 24.0 Å². The zero-order valence-corrected chi connectivity index (χ0v) is 10.7. The molecule has 1 amide bonds. The van der Waals surface area contributed by atoms with Crippen molar-refractivity contribution in [3.8, 4) is 0 Å². The van der Waals surface area contributed by atoms with Crippen molar-refractivity contribution >= 4 is 16.9 Å². The minimum Gasteiger partial charge on any atom is -0.451 e. The zero-order valence-electron chi connectivity index (χ0n) is 10.7. The number of hydrogen-bond donors (Lipinski definition) is 2. The first-order valence-corrected chi connectivity index (χ1v) is 6.45. The Hall–Kier alpha value is -2.14. The fourth-order valence-electron chi connectivity index (χ4n) is 2.38. The molecular formula is C15H14FNO3. The van der Waals surface area contributed by atoms with Crippen LogP contribution in [0.25, 0.3) is 11.0 Å². The normalized spacial score (nSPS) is 21.5. The number of halogens is 1. The summed E-state index contributed by atoms with van der Waals surface area (Å²) in [6.07, 6.45) is 4.43. The van der Waals surface area contributed by atoms with Gasteiger partial charge < -0.3 is 14.8 Å². The Morgan fingerprint density at radius 1 is 1.40 bits per heavy atom. The third-order valence-corrected chi connectivity index (χ3v) is 3.43. The molecule has 104 valence electrons. The lowest BCUT2D eigenvalue weighted by atomic mass is 10.1. The molecule has 5 heteroatoms. The lowest BCUT2D eigenvalue weighted by Gasteiger charge is -2.11. The summed E-state index contributed by atoms with van der Waals surface area (Å²) < 4.78 is 18.5. The second-order valence-corrected chi connectivity index (χ2v) is 4.94. The van der Waals surface area contributed by atoms with Crippen LogP contribution in [-0.4, -0.2) is 23.7 Å². The second kappa shape index (κ2) is 5.09. The number of benzene rings is 1. The topological polar surface area (TPSA) is 62.5 Å². The van der Waals surface area contributed by atoms with Gasteiger partial charge in [0.1, 0.15) is 11.4 Å². The summed E-state index contributed by atoms with van der Waals surface area (Å²) >= 11 is 0. The summed E-state index contributed by atoms with van der Waals surface area (Å²) in [6.45, 7) is 0.0762. The molecule has 3 rings (SSSR count). The van der Waals surface area contributed by atoms with Gasteiger partial charge in [0.2, 0.25) is 0 Å². The van der Waals surface area contributed by atoms with Gasteiger partial charge in [-0.2, -0.15) is 0 Å². The molecule has 1 aromatic heterocycles. The summed E-state index contributed by atoms with van der Waals surface area (Å²) in [5.74, 6) is -0.457. The maximum Gasteiger partial charge on any atom is 0.287 e. The van der Waals surface area contributed by atoms with E-state index in [1.807, 2.05) is 12.2 Å². The monoisotopic (exact) mass is 275 g/mol. The highest BCUT2D eigenvalue weighted by molar-refractivity contribution is 5.96. The molecule has 20 heavy (non-hydrogen) atoms. The highest BCUT2D eigenvalue weighted by Gasteiger charge is 2.21. The Kier molecular flexibility index (Phi) is 3.28. The van der Waals surface area contributed by atoms with Gasteiger partial charge in [-0.15, -0.1) is 0 Å². The van der Waals surface area contributed by atoms with Crippen LogP contribution in [0, 0.1) is 11.7 Å². The first-order chi connectivity index (χ1) is 9.65. The summed E-state index contributed by atoms with van der Waals surface area (Å²) in [6, 6.07) is 5.53. The lowest BCUT2D eigenvalue weighted by Crippen LogP contribution is -2.32. The molecule has 2 aromatic rings. The van der Waals surface area contributed by atoms with E-state index < -0.39 is 0 Å². The highest BCUT2D eigenvalue weighted by Crippen LogP contribution is 2.21. The van der Waals surface area contributed by atoms with Crippen molar-refractivity contribution in [3.05, 3.63) is 48.0 Å². The smallest absolute Gasteiger partial charge is 0.287 e. The van der Waals surface area contributed by atoms with Crippen molar-refractivity contribution in [1.82, 2.24) is 5.32 Å². The number of amides is 1. The Bertz CT molecular complexity index is 677. The van der Waals surface area contributed by atoms with E-state index in [1.165, 1.54) is 24.3 Å². The summed E-state index contributed by atoms with van der Waals surface area (Å²) in [7, 11) is 0. The molecule has 0 fully saturated rings.